The number of carbonyl (C=O) groups excluding carboxylic acids is 1. The van der Waals surface area contributed by atoms with E-state index in [1.165, 1.54) is 0 Å². The number of aryl methyl sites for hydroxylation is 1. The quantitative estimate of drug-likeness (QED) is 0.668. The van der Waals surface area contributed by atoms with E-state index in [1.54, 1.807) is 75.4 Å². The molecule has 0 fully saturated rings. The van der Waals surface area contributed by atoms with Crippen molar-refractivity contribution in [2.24, 2.45) is 5.73 Å². The standard InChI is InChI=1S/C20H26N2O4S/c1-19(2,3)22-27(25,26)14-13-15-9-11-17(12-10-15)20(24,18(21)23)16-7-5-4-6-8-16/h4-12,22,24H,13-14H2,1-3H3,(H2,21,23). The van der Waals surface area contributed by atoms with Crippen LogP contribution in [0.25, 0.3) is 0 Å². The predicted molar refractivity (Wildman–Crippen MR) is 105 cm³/mol. The van der Waals surface area contributed by atoms with Gasteiger partial charge in [-0.05, 0) is 43.9 Å². The normalized spacial score (nSPS) is 14.5. The van der Waals surface area contributed by atoms with Gasteiger partial charge in [-0.25, -0.2) is 13.1 Å². The average Bonchev–Trinajstić information content (AvgIpc) is 2.58. The molecule has 0 saturated carbocycles. The Morgan fingerprint density at radius 2 is 1.52 bits per heavy atom. The molecule has 1 unspecified atom stereocenters. The van der Waals surface area contributed by atoms with Crippen LogP contribution in [0.5, 0.6) is 0 Å². The van der Waals surface area contributed by atoms with Crippen LogP contribution >= 0.6 is 0 Å². The number of sulfonamides is 1. The van der Waals surface area contributed by atoms with E-state index in [0.717, 1.165) is 5.56 Å². The van der Waals surface area contributed by atoms with Gasteiger partial charge in [-0.15, -0.1) is 0 Å². The molecule has 0 aliphatic rings. The Labute approximate surface area is 160 Å². The molecule has 0 spiro atoms. The van der Waals surface area contributed by atoms with Crippen molar-refractivity contribution in [1.82, 2.24) is 4.72 Å². The molecule has 146 valence electrons. The van der Waals surface area contributed by atoms with Crippen LogP contribution in [0.2, 0.25) is 0 Å². The molecule has 0 radical (unpaired) electrons. The first-order valence-electron chi connectivity index (χ1n) is 8.63. The van der Waals surface area contributed by atoms with Crippen LogP contribution in [-0.4, -0.2) is 30.7 Å². The maximum Gasteiger partial charge on any atom is 0.258 e. The summed E-state index contributed by atoms with van der Waals surface area (Å²) >= 11 is 0. The van der Waals surface area contributed by atoms with E-state index >= 15 is 0 Å². The molecule has 2 rings (SSSR count). The third-order valence-electron chi connectivity index (χ3n) is 4.04. The Bertz CT molecular complexity index is 888. The van der Waals surface area contributed by atoms with Gasteiger partial charge in [-0.1, -0.05) is 54.6 Å². The van der Waals surface area contributed by atoms with Crippen molar-refractivity contribution in [2.45, 2.75) is 38.3 Å². The molecule has 4 N–H and O–H groups in total. The summed E-state index contributed by atoms with van der Waals surface area (Å²) in [5.41, 5.74) is 4.48. The van der Waals surface area contributed by atoms with E-state index in [-0.39, 0.29) is 5.75 Å². The number of nitrogens with two attached hydrogens (primary N) is 1. The fourth-order valence-electron chi connectivity index (χ4n) is 2.81. The van der Waals surface area contributed by atoms with Gasteiger partial charge >= 0.3 is 0 Å². The minimum atomic E-state index is -3.41. The van der Waals surface area contributed by atoms with E-state index < -0.39 is 27.1 Å². The zero-order valence-electron chi connectivity index (χ0n) is 15.8. The second-order valence-electron chi connectivity index (χ2n) is 7.56. The lowest BCUT2D eigenvalue weighted by molar-refractivity contribution is -0.133. The molecule has 6 nitrogen and oxygen atoms in total. The third kappa shape index (κ3) is 5.38. The zero-order valence-corrected chi connectivity index (χ0v) is 16.6. The van der Waals surface area contributed by atoms with Gasteiger partial charge < -0.3 is 10.8 Å². The molecule has 1 amide bonds. The van der Waals surface area contributed by atoms with Crippen LogP contribution in [-0.2, 0) is 26.8 Å². The molecule has 0 heterocycles. The Hall–Kier alpha value is -2.22. The van der Waals surface area contributed by atoms with Crippen molar-refractivity contribution in [3.05, 3.63) is 71.3 Å². The van der Waals surface area contributed by atoms with Crippen molar-refractivity contribution < 1.29 is 18.3 Å². The number of carbonyl (C=O) groups is 1. The lowest BCUT2D eigenvalue weighted by Gasteiger charge is -2.26. The molecular formula is C20H26N2O4S. The van der Waals surface area contributed by atoms with Gasteiger partial charge in [0.25, 0.3) is 5.91 Å². The third-order valence-corrected chi connectivity index (χ3v) is 5.71. The molecule has 0 aliphatic carbocycles. The highest BCUT2D eigenvalue weighted by atomic mass is 32.2. The Kier molecular flexibility index (Phi) is 6.09. The van der Waals surface area contributed by atoms with Crippen LogP contribution < -0.4 is 10.5 Å². The number of rotatable bonds is 7. The van der Waals surface area contributed by atoms with Gasteiger partial charge in [-0.2, -0.15) is 0 Å². The monoisotopic (exact) mass is 390 g/mol. The number of hydrogen-bond acceptors (Lipinski definition) is 4. The van der Waals surface area contributed by atoms with Crippen molar-refractivity contribution >= 4 is 15.9 Å². The molecule has 0 aromatic heterocycles. The fourth-order valence-corrected chi connectivity index (χ4v) is 4.35. The van der Waals surface area contributed by atoms with E-state index in [4.69, 9.17) is 5.73 Å². The maximum atomic E-state index is 12.1. The van der Waals surface area contributed by atoms with E-state index in [2.05, 4.69) is 4.72 Å². The minimum Gasteiger partial charge on any atom is -0.372 e. The predicted octanol–water partition coefficient (Wildman–Crippen LogP) is 1.67. The second kappa shape index (κ2) is 7.80. The molecule has 0 aliphatic heterocycles. The van der Waals surface area contributed by atoms with Crippen molar-refractivity contribution in [3.63, 3.8) is 0 Å². The van der Waals surface area contributed by atoms with Gasteiger partial charge in [-0.3, -0.25) is 4.79 Å². The van der Waals surface area contributed by atoms with E-state index in [9.17, 15) is 18.3 Å². The number of aliphatic hydroxyl groups is 1. The number of hydrogen-bond donors (Lipinski definition) is 3. The van der Waals surface area contributed by atoms with Gasteiger partial charge in [0.15, 0.2) is 5.60 Å². The molecule has 0 saturated heterocycles. The molecule has 0 bridgehead atoms. The number of nitrogens with one attached hydrogen (secondary N) is 1. The smallest absolute Gasteiger partial charge is 0.258 e. The lowest BCUT2D eigenvalue weighted by atomic mass is 9.85. The summed E-state index contributed by atoms with van der Waals surface area (Å²) in [5.74, 6) is -0.930. The SMILES string of the molecule is CC(C)(C)NS(=O)(=O)CCc1ccc(C(O)(C(N)=O)c2ccccc2)cc1. The molecule has 7 heteroatoms. The van der Waals surface area contributed by atoms with Gasteiger partial charge in [0, 0.05) is 5.54 Å². The van der Waals surface area contributed by atoms with Gasteiger partial charge in [0.2, 0.25) is 10.0 Å². The summed E-state index contributed by atoms with van der Waals surface area (Å²) in [4.78, 5) is 12.0. The number of amides is 1. The topological polar surface area (TPSA) is 109 Å². The largest absolute Gasteiger partial charge is 0.372 e. The summed E-state index contributed by atoms with van der Waals surface area (Å²) < 4.78 is 26.8. The molecule has 1 atom stereocenters. The highest BCUT2D eigenvalue weighted by molar-refractivity contribution is 7.89. The summed E-state index contributed by atoms with van der Waals surface area (Å²) in [5, 5.41) is 10.9. The Morgan fingerprint density at radius 3 is 2.00 bits per heavy atom. The van der Waals surface area contributed by atoms with Crippen molar-refractivity contribution in [3.8, 4) is 0 Å². The molecular weight excluding hydrogens is 364 g/mol. The van der Waals surface area contributed by atoms with Crippen molar-refractivity contribution in [2.75, 3.05) is 5.75 Å². The highest BCUT2D eigenvalue weighted by Crippen LogP contribution is 2.29. The first-order chi connectivity index (χ1) is 12.4. The molecule has 2 aromatic rings. The molecule has 27 heavy (non-hydrogen) atoms. The van der Waals surface area contributed by atoms with E-state index in [1.807, 2.05) is 0 Å². The van der Waals surface area contributed by atoms with Crippen LogP contribution in [0.4, 0.5) is 0 Å². The first kappa shape index (κ1) is 21.1. The Balaban J connectivity index is 2.20. The summed E-state index contributed by atoms with van der Waals surface area (Å²) in [6, 6.07) is 15.0. The van der Waals surface area contributed by atoms with Crippen LogP contribution in [0.15, 0.2) is 54.6 Å². The van der Waals surface area contributed by atoms with Crippen LogP contribution in [0, 0.1) is 0 Å². The van der Waals surface area contributed by atoms with Crippen LogP contribution in [0.3, 0.4) is 0 Å². The average molecular weight is 391 g/mol. The van der Waals surface area contributed by atoms with E-state index in [0.29, 0.717) is 17.5 Å². The second-order valence-corrected chi connectivity index (χ2v) is 9.40. The molecule has 2 aromatic carbocycles. The maximum absolute atomic E-state index is 12.1. The minimum absolute atomic E-state index is 0.0532. The Morgan fingerprint density at radius 1 is 1.00 bits per heavy atom. The first-order valence-corrected chi connectivity index (χ1v) is 10.3. The zero-order chi connectivity index (χ0) is 20.3. The summed E-state index contributed by atoms with van der Waals surface area (Å²) in [7, 11) is -3.41. The fraction of sp³-hybridized carbons (Fsp3) is 0.350. The van der Waals surface area contributed by atoms with Crippen molar-refractivity contribution in [1.29, 1.82) is 0 Å². The van der Waals surface area contributed by atoms with Gasteiger partial charge in [0.1, 0.15) is 0 Å². The van der Waals surface area contributed by atoms with Crippen LogP contribution in [0.1, 0.15) is 37.5 Å². The summed E-state index contributed by atoms with van der Waals surface area (Å²) in [6.45, 7) is 5.36. The van der Waals surface area contributed by atoms with Gasteiger partial charge in [0.05, 0.1) is 5.75 Å². The number of primary amides is 1. The number of benzene rings is 2. The highest BCUT2D eigenvalue weighted by Gasteiger charge is 2.37. The summed E-state index contributed by atoms with van der Waals surface area (Å²) in [6.07, 6.45) is 0.312. The lowest BCUT2D eigenvalue weighted by Crippen LogP contribution is -2.42.